The summed E-state index contributed by atoms with van der Waals surface area (Å²) >= 11 is 0. The zero-order valence-electron chi connectivity index (χ0n) is 9.00. The van der Waals surface area contributed by atoms with Gasteiger partial charge in [-0.1, -0.05) is 12.1 Å². The summed E-state index contributed by atoms with van der Waals surface area (Å²) in [7, 11) is 0. The van der Waals surface area contributed by atoms with Gasteiger partial charge in [-0.15, -0.1) is 0 Å². The van der Waals surface area contributed by atoms with E-state index in [0.717, 1.165) is 16.7 Å². The highest BCUT2D eigenvalue weighted by atomic mass is 16.3. The van der Waals surface area contributed by atoms with Gasteiger partial charge in [0.1, 0.15) is 0 Å². The Kier molecular flexibility index (Phi) is 2.27. The number of aliphatic hydroxyl groups is 1. The zero-order valence-corrected chi connectivity index (χ0v) is 9.00. The van der Waals surface area contributed by atoms with Crippen LogP contribution in [0.2, 0.25) is 0 Å². The highest BCUT2D eigenvalue weighted by Crippen LogP contribution is 2.33. The monoisotopic (exact) mass is 205 g/mol. The molecule has 0 aromatic heterocycles. The van der Waals surface area contributed by atoms with Crippen LogP contribution >= 0.6 is 0 Å². The van der Waals surface area contributed by atoms with Gasteiger partial charge in [-0.3, -0.25) is 4.79 Å². The van der Waals surface area contributed by atoms with Crippen molar-refractivity contribution in [3.8, 4) is 0 Å². The van der Waals surface area contributed by atoms with Gasteiger partial charge in [0.25, 0.3) is 5.91 Å². The molecule has 1 amide bonds. The van der Waals surface area contributed by atoms with Crippen molar-refractivity contribution in [2.45, 2.75) is 25.8 Å². The molecule has 0 spiro atoms. The van der Waals surface area contributed by atoms with Crippen LogP contribution < -0.4 is 5.32 Å². The number of rotatable bonds is 2. The molecule has 0 bridgehead atoms. The predicted molar refractivity (Wildman–Crippen MR) is 57.7 cm³/mol. The smallest absolute Gasteiger partial charge is 0.252 e. The van der Waals surface area contributed by atoms with Crippen molar-refractivity contribution < 1.29 is 9.90 Å². The number of fused-ring (bicyclic) bond motifs is 1. The van der Waals surface area contributed by atoms with E-state index in [1.54, 1.807) is 0 Å². The second-order valence-corrected chi connectivity index (χ2v) is 4.39. The number of aliphatic hydroxyl groups excluding tert-OH is 1. The van der Waals surface area contributed by atoms with Gasteiger partial charge < -0.3 is 10.4 Å². The van der Waals surface area contributed by atoms with Gasteiger partial charge in [-0.2, -0.15) is 0 Å². The van der Waals surface area contributed by atoms with Gasteiger partial charge in [0.05, 0.1) is 5.54 Å². The van der Waals surface area contributed by atoms with Crippen LogP contribution in [0.5, 0.6) is 0 Å². The third kappa shape index (κ3) is 1.53. The zero-order chi connectivity index (χ0) is 11.1. The Labute approximate surface area is 89.1 Å². The average molecular weight is 205 g/mol. The summed E-state index contributed by atoms with van der Waals surface area (Å²) in [4.78, 5) is 11.7. The van der Waals surface area contributed by atoms with Crippen molar-refractivity contribution in [3.63, 3.8) is 0 Å². The molecule has 15 heavy (non-hydrogen) atoms. The number of hydrogen-bond donors (Lipinski definition) is 2. The largest absolute Gasteiger partial charge is 0.396 e. The predicted octanol–water partition coefficient (Wildman–Crippen LogP) is 1.20. The van der Waals surface area contributed by atoms with Gasteiger partial charge in [0, 0.05) is 12.2 Å². The minimum atomic E-state index is -0.321. The Balaban J connectivity index is 2.59. The highest BCUT2D eigenvalue weighted by Gasteiger charge is 2.36. The lowest BCUT2D eigenvalue weighted by Crippen LogP contribution is -2.33. The Morgan fingerprint density at radius 3 is 2.80 bits per heavy atom. The molecule has 3 heteroatoms. The quantitative estimate of drug-likeness (QED) is 0.762. The fraction of sp³-hybridized carbons (Fsp3) is 0.417. The molecule has 1 aliphatic rings. The Morgan fingerprint density at radius 1 is 1.40 bits per heavy atom. The van der Waals surface area contributed by atoms with Gasteiger partial charge in [-0.25, -0.2) is 0 Å². The first-order valence-electron chi connectivity index (χ1n) is 5.12. The summed E-state index contributed by atoms with van der Waals surface area (Å²) in [6.07, 6.45) is 0.599. The summed E-state index contributed by atoms with van der Waals surface area (Å²) in [5, 5.41) is 11.9. The molecule has 0 fully saturated rings. The second kappa shape index (κ2) is 3.35. The molecule has 0 unspecified atom stereocenters. The molecular formula is C12H15NO2. The molecule has 0 radical (unpaired) electrons. The molecule has 0 saturated carbocycles. The molecule has 0 atom stereocenters. The highest BCUT2D eigenvalue weighted by molar-refractivity contribution is 6.00. The fourth-order valence-corrected chi connectivity index (χ4v) is 2.27. The maximum absolute atomic E-state index is 11.7. The fourth-order valence-electron chi connectivity index (χ4n) is 2.27. The average Bonchev–Trinajstić information content (AvgIpc) is 2.39. The van der Waals surface area contributed by atoms with E-state index in [4.69, 9.17) is 5.11 Å². The third-order valence-electron chi connectivity index (χ3n) is 2.83. The summed E-state index contributed by atoms with van der Waals surface area (Å²) in [6.45, 7) is 4.08. The van der Waals surface area contributed by atoms with Crippen LogP contribution in [0.25, 0.3) is 0 Å². The molecule has 1 heterocycles. The third-order valence-corrected chi connectivity index (χ3v) is 2.83. The SMILES string of the molecule is CC1(C)NC(=O)c2cccc(CCO)c21. The molecule has 1 aromatic carbocycles. The number of amides is 1. The van der Waals surface area contributed by atoms with E-state index in [1.807, 2.05) is 32.0 Å². The van der Waals surface area contributed by atoms with E-state index in [1.165, 1.54) is 0 Å². The van der Waals surface area contributed by atoms with E-state index >= 15 is 0 Å². The number of carbonyl (C=O) groups is 1. The van der Waals surface area contributed by atoms with Crippen LogP contribution in [0.3, 0.4) is 0 Å². The van der Waals surface area contributed by atoms with Crippen LogP contribution in [0.1, 0.15) is 35.3 Å². The van der Waals surface area contributed by atoms with E-state index in [9.17, 15) is 4.79 Å². The number of carbonyl (C=O) groups excluding carboxylic acids is 1. The molecule has 3 nitrogen and oxygen atoms in total. The van der Waals surface area contributed by atoms with Crippen molar-refractivity contribution in [3.05, 3.63) is 34.9 Å². The first-order chi connectivity index (χ1) is 7.06. The number of benzene rings is 1. The Bertz CT molecular complexity index is 410. The lowest BCUT2D eigenvalue weighted by Gasteiger charge is -2.21. The van der Waals surface area contributed by atoms with Crippen molar-refractivity contribution in [2.24, 2.45) is 0 Å². The maximum Gasteiger partial charge on any atom is 0.252 e. The maximum atomic E-state index is 11.7. The van der Waals surface area contributed by atoms with E-state index in [2.05, 4.69) is 5.32 Å². The minimum absolute atomic E-state index is 0.0187. The Hall–Kier alpha value is -1.35. The van der Waals surface area contributed by atoms with Crippen LogP contribution in [-0.2, 0) is 12.0 Å². The van der Waals surface area contributed by atoms with Gasteiger partial charge >= 0.3 is 0 Å². The van der Waals surface area contributed by atoms with E-state index in [0.29, 0.717) is 6.42 Å². The van der Waals surface area contributed by atoms with Crippen molar-refractivity contribution in [1.29, 1.82) is 0 Å². The van der Waals surface area contributed by atoms with Gasteiger partial charge in [0.15, 0.2) is 0 Å². The molecule has 1 aliphatic heterocycles. The van der Waals surface area contributed by atoms with Crippen LogP contribution in [0.4, 0.5) is 0 Å². The summed E-state index contributed by atoms with van der Waals surface area (Å²) < 4.78 is 0. The topological polar surface area (TPSA) is 49.3 Å². The Morgan fingerprint density at radius 2 is 2.13 bits per heavy atom. The second-order valence-electron chi connectivity index (χ2n) is 4.39. The van der Waals surface area contributed by atoms with Crippen LogP contribution in [0, 0.1) is 0 Å². The molecule has 1 aromatic rings. The molecular weight excluding hydrogens is 190 g/mol. The van der Waals surface area contributed by atoms with Gasteiger partial charge in [-0.05, 0) is 37.5 Å². The van der Waals surface area contributed by atoms with Crippen molar-refractivity contribution in [2.75, 3.05) is 6.61 Å². The minimum Gasteiger partial charge on any atom is -0.396 e. The van der Waals surface area contributed by atoms with Crippen molar-refractivity contribution >= 4 is 5.91 Å². The first kappa shape index (κ1) is 10.2. The molecule has 0 aliphatic carbocycles. The van der Waals surface area contributed by atoms with Crippen molar-refractivity contribution in [1.82, 2.24) is 5.32 Å². The van der Waals surface area contributed by atoms with E-state index < -0.39 is 0 Å². The lowest BCUT2D eigenvalue weighted by atomic mass is 9.89. The normalized spacial score (nSPS) is 17.4. The summed E-state index contributed by atoms with van der Waals surface area (Å²) in [5.74, 6) is -0.0187. The van der Waals surface area contributed by atoms with Crippen LogP contribution in [0.15, 0.2) is 18.2 Å². The lowest BCUT2D eigenvalue weighted by molar-refractivity contribution is 0.0940. The molecule has 2 N–H and O–H groups in total. The van der Waals surface area contributed by atoms with E-state index in [-0.39, 0.29) is 18.1 Å². The number of nitrogens with one attached hydrogen (secondary N) is 1. The standard InChI is InChI=1S/C12H15NO2/c1-12(2)10-8(6-7-14)4-3-5-9(10)11(15)13-12/h3-5,14H,6-7H2,1-2H3,(H,13,15). The van der Waals surface area contributed by atoms with Gasteiger partial charge in [0.2, 0.25) is 0 Å². The van der Waals surface area contributed by atoms with Crippen LogP contribution in [-0.4, -0.2) is 17.6 Å². The molecule has 2 rings (SSSR count). The summed E-state index contributed by atoms with van der Waals surface area (Å²) in [5.41, 5.74) is 2.51. The summed E-state index contributed by atoms with van der Waals surface area (Å²) in [6, 6.07) is 5.67. The molecule has 0 saturated heterocycles. The first-order valence-corrected chi connectivity index (χ1v) is 5.12. The molecule has 80 valence electrons. The number of hydrogen-bond acceptors (Lipinski definition) is 2.